The van der Waals surface area contributed by atoms with Crippen LogP contribution in [0.4, 0.5) is 0 Å². The van der Waals surface area contributed by atoms with Crippen LogP contribution in [-0.2, 0) is 0 Å². The predicted octanol–water partition coefficient (Wildman–Crippen LogP) is 4.00. The van der Waals surface area contributed by atoms with Crippen molar-refractivity contribution in [3.8, 4) is 0 Å². The lowest BCUT2D eigenvalue weighted by Crippen LogP contribution is -2.62. The third kappa shape index (κ3) is 4.07. The van der Waals surface area contributed by atoms with Gasteiger partial charge in [-0.15, -0.1) is 0 Å². The second kappa shape index (κ2) is 8.24. The zero-order valence-electron chi connectivity index (χ0n) is 15.8. The number of hydrogen-bond acceptors (Lipinski definition) is 2. The van der Waals surface area contributed by atoms with Crippen molar-refractivity contribution < 1.29 is 0 Å². The maximum atomic E-state index is 5.59. The third-order valence-corrected chi connectivity index (χ3v) is 5.79. The quantitative estimate of drug-likeness (QED) is 0.788. The highest BCUT2D eigenvalue weighted by Gasteiger charge is 2.41. The molecular formula is C23H27N3S. The zero-order chi connectivity index (χ0) is 18.6. The van der Waals surface area contributed by atoms with E-state index in [0.717, 1.165) is 24.7 Å². The molecule has 4 heteroatoms. The van der Waals surface area contributed by atoms with Gasteiger partial charge in [0, 0.05) is 19.0 Å². The highest BCUT2D eigenvalue weighted by Crippen LogP contribution is 2.35. The Kier molecular flexibility index (Phi) is 5.55. The Morgan fingerprint density at radius 1 is 1.00 bits per heavy atom. The molecule has 0 spiro atoms. The van der Waals surface area contributed by atoms with Crippen molar-refractivity contribution in [3.63, 3.8) is 0 Å². The molecule has 3 nitrogen and oxygen atoms in total. The summed E-state index contributed by atoms with van der Waals surface area (Å²) in [6, 6.07) is 21.9. The van der Waals surface area contributed by atoms with Gasteiger partial charge < -0.3 is 10.6 Å². The van der Waals surface area contributed by atoms with E-state index in [2.05, 4.69) is 89.2 Å². The van der Waals surface area contributed by atoms with Gasteiger partial charge in [-0.3, -0.25) is 4.90 Å². The molecule has 4 rings (SSSR count). The second-order valence-electron chi connectivity index (χ2n) is 7.51. The first-order valence-corrected chi connectivity index (χ1v) is 10.3. The summed E-state index contributed by atoms with van der Waals surface area (Å²) in [5.41, 5.74) is 4.00. The van der Waals surface area contributed by atoms with E-state index in [-0.39, 0.29) is 12.1 Å². The molecule has 0 saturated carbocycles. The molecule has 27 heavy (non-hydrogen) atoms. The number of nitrogens with zero attached hydrogens (tertiary/aromatic N) is 1. The van der Waals surface area contributed by atoms with Crippen molar-refractivity contribution in [3.05, 3.63) is 77.4 Å². The fourth-order valence-corrected chi connectivity index (χ4v) is 4.66. The Morgan fingerprint density at radius 3 is 2.37 bits per heavy atom. The third-order valence-electron chi connectivity index (χ3n) is 5.55. The lowest BCUT2D eigenvalue weighted by molar-refractivity contribution is 0.154. The van der Waals surface area contributed by atoms with Gasteiger partial charge in [0.2, 0.25) is 0 Å². The molecule has 3 unspecified atom stereocenters. The minimum absolute atomic E-state index is 0.240. The largest absolute Gasteiger partial charge is 0.356 e. The van der Waals surface area contributed by atoms with E-state index in [1.165, 1.54) is 23.1 Å². The van der Waals surface area contributed by atoms with Crippen molar-refractivity contribution >= 4 is 23.4 Å². The minimum Gasteiger partial charge on any atom is -0.356 e. The molecule has 0 amide bonds. The molecular weight excluding hydrogens is 350 g/mol. The van der Waals surface area contributed by atoms with E-state index in [4.69, 9.17) is 12.2 Å². The summed E-state index contributed by atoms with van der Waals surface area (Å²) >= 11 is 5.59. The van der Waals surface area contributed by atoms with Crippen molar-refractivity contribution in [1.29, 1.82) is 0 Å². The molecule has 0 radical (unpaired) electrons. The number of benzene rings is 2. The summed E-state index contributed by atoms with van der Waals surface area (Å²) in [4.78, 5) is 2.59. The smallest absolute Gasteiger partial charge is 0.167 e. The van der Waals surface area contributed by atoms with Crippen molar-refractivity contribution in [1.82, 2.24) is 15.5 Å². The van der Waals surface area contributed by atoms with Gasteiger partial charge in [-0.25, -0.2) is 0 Å². The number of fused-ring (bicyclic) bond motifs is 1. The standard InChI is InChI=1S/C23H27N3S/c1-2-13-26-15-19(14-17-9-5-3-6-10-17)22-20(16-26)21(24-23(27)25-22)18-11-7-4-8-12-18/h3-12,14,20-22H,2,13,15-16H2,1H3,(H2,24,25,27). The van der Waals surface area contributed by atoms with Crippen molar-refractivity contribution in [2.75, 3.05) is 19.6 Å². The average molecular weight is 378 g/mol. The molecule has 2 fully saturated rings. The van der Waals surface area contributed by atoms with Crippen LogP contribution in [0.5, 0.6) is 0 Å². The molecule has 2 aliphatic rings. The van der Waals surface area contributed by atoms with E-state index in [0.29, 0.717) is 5.92 Å². The van der Waals surface area contributed by atoms with Gasteiger partial charge in [-0.1, -0.05) is 73.7 Å². The molecule has 140 valence electrons. The van der Waals surface area contributed by atoms with Gasteiger partial charge in [0.15, 0.2) is 5.11 Å². The lowest BCUT2D eigenvalue weighted by Gasteiger charge is -2.48. The van der Waals surface area contributed by atoms with Crippen LogP contribution >= 0.6 is 12.2 Å². The van der Waals surface area contributed by atoms with Gasteiger partial charge in [0.05, 0.1) is 12.1 Å². The monoisotopic (exact) mass is 377 g/mol. The van der Waals surface area contributed by atoms with Gasteiger partial charge in [0.1, 0.15) is 0 Å². The van der Waals surface area contributed by atoms with Crippen LogP contribution in [0.2, 0.25) is 0 Å². The minimum atomic E-state index is 0.240. The summed E-state index contributed by atoms with van der Waals surface area (Å²) < 4.78 is 0. The Hall–Kier alpha value is -2.17. The fourth-order valence-electron chi connectivity index (χ4n) is 4.40. The van der Waals surface area contributed by atoms with E-state index >= 15 is 0 Å². The van der Waals surface area contributed by atoms with Gasteiger partial charge in [-0.05, 0) is 41.9 Å². The Labute approximate surface area is 167 Å². The summed E-state index contributed by atoms with van der Waals surface area (Å²) in [6.07, 6.45) is 3.52. The number of rotatable bonds is 4. The van der Waals surface area contributed by atoms with Crippen molar-refractivity contribution in [2.45, 2.75) is 25.4 Å². The van der Waals surface area contributed by atoms with Gasteiger partial charge in [-0.2, -0.15) is 0 Å². The highest BCUT2D eigenvalue weighted by molar-refractivity contribution is 7.80. The van der Waals surface area contributed by atoms with E-state index < -0.39 is 0 Å². The molecule has 0 aliphatic carbocycles. The van der Waals surface area contributed by atoms with Crippen LogP contribution < -0.4 is 10.6 Å². The molecule has 0 aromatic heterocycles. The first-order chi connectivity index (χ1) is 13.2. The number of nitrogens with one attached hydrogen (secondary N) is 2. The van der Waals surface area contributed by atoms with E-state index in [1.54, 1.807) is 0 Å². The Balaban J connectivity index is 1.71. The number of piperidine rings is 1. The summed E-state index contributed by atoms with van der Waals surface area (Å²) in [5.74, 6) is 0.439. The number of hydrogen-bond donors (Lipinski definition) is 2. The highest BCUT2D eigenvalue weighted by atomic mass is 32.1. The van der Waals surface area contributed by atoms with Crippen LogP contribution in [0.25, 0.3) is 6.08 Å². The van der Waals surface area contributed by atoms with E-state index in [1.807, 2.05) is 0 Å². The average Bonchev–Trinajstić information content (AvgIpc) is 2.70. The van der Waals surface area contributed by atoms with Crippen molar-refractivity contribution in [2.24, 2.45) is 5.92 Å². The van der Waals surface area contributed by atoms with Crippen LogP contribution in [0, 0.1) is 5.92 Å². The molecule has 2 N–H and O–H groups in total. The van der Waals surface area contributed by atoms with Gasteiger partial charge >= 0.3 is 0 Å². The summed E-state index contributed by atoms with van der Waals surface area (Å²) in [6.45, 7) is 5.46. The molecule has 2 saturated heterocycles. The molecule has 2 heterocycles. The molecule has 2 aliphatic heterocycles. The predicted molar refractivity (Wildman–Crippen MR) is 116 cm³/mol. The first kappa shape index (κ1) is 18.2. The Bertz CT molecular complexity index is 803. The number of thiocarbonyl (C=S) groups is 1. The Morgan fingerprint density at radius 2 is 1.67 bits per heavy atom. The molecule has 2 aromatic rings. The van der Waals surface area contributed by atoms with Gasteiger partial charge in [0.25, 0.3) is 0 Å². The summed E-state index contributed by atoms with van der Waals surface area (Å²) in [5, 5.41) is 7.88. The van der Waals surface area contributed by atoms with E-state index in [9.17, 15) is 0 Å². The lowest BCUT2D eigenvalue weighted by atomic mass is 9.78. The maximum Gasteiger partial charge on any atom is 0.167 e. The fraction of sp³-hybridized carbons (Fsp3) is 0.348. The number of likely N-dealkylation sites (tertiary alicyclic amines) is 1. The summed E-state index contributed by atoms with van der Waals surface area (Å²) in [7, 11) is 0. The van der Waals surface area contributed by atoms with Crippen LogP contribution in [0.15, 0.2) is 66.2 Å². The molecule has 3 atom stereocenters. The molecule has 0 bridgehead atoms. The second-order valence-corrected chi connectivity index (χ2v) is 7.92. The van der Waals surface area contributed by atoms with Crippen LogP contribution in [-0.4, -0.2) is 35.7 Å². The van der Waals surface area contributed by atoms with Crippen LogP contribution in [0.1, 0.15) is 30.5 Å². The normalized spacial score (nSPS) is 26.9. The first-order valence-electron chi connectivity index (χ1n) is 9.84. The SMILES string of the molecule is CCCN1CC(=Cc2ccccc2)C2NC(=S)NC(c3ccccc3)C2C1. The molecule has 2 aromatic carbocycles. The van der Waals surface area contributed by atoms with Crippen LogP contribution in [0.3, 0.4) is 0 Å². The topological polar surface area (TPSA) is 27.3 Å². The maximum absolute atomic E-state index is 5.59. The zero-order valence-corrected chi connectivity index (χ0v) is 16.6.